The molecule has 0 spiro atoms. The van der Waals surface area contributed by atoms with Gasteiger partial charge in [-0.1, -0.05) is 51.1 Å². The molecular formula is C21H27FN2O2. The summed E-state index contributed by atoms with van der Waals surface area (Å²) in [4.78, 5) is 12.4. The molecule has 4 nitrogen and oxygen atoms in total. The van der Waals surface area contributed by atoms with Crippen LogP contribution in [0.4, 0.5) is 10.1 Å². The fourth-order valence-electron chi connectivity index (χ4n) is 2.70. The Kier molecular flexibility index (Phi) is 6.51. The van der Waals surface area contributed by atoms with Crippen LogP contribution in [-0.2, 0) is 22.6 Å². The standard InChI is InChI=1S/C21H27FN2O2/c1-21(2,3)12-16-9-10-17(11-18(16)22)24-20(25)19(23)15-7-5-14(6-8-15)13-26-4/h5-11,19H,12-13,23H2,1-4H3,(H,24,25). The topological polar surface area (TPSA) is 64.3 Å². The van der Waals surface area contributed by atoms with Gasteiger partial charge in [0.1, 0.15) is 11.9 Å². The van der Waals surface area contributed by atoms with Crippen molar-refractivity contribution < 1.29 is 13.9 Å². The predicted octanol–water partition coefficient (Wildman–Crippen LogP) is 4.20. The molecule has 0 fully saturated rings. The van der Waals surface area contributed by atoms with Crippen molar-refractivity contribution in [3.63, 3.8) is 0 Å². The van der Waals surface area contributed by atoms with Crippen LogP contribution in [-0.4, -0.2) is 13.0 Å². The number of anilines is 1. The number of ether oxygens (including phenoxy) is 1. The van der Waals surface area contributed by atoms with E-state index in [4.69, 9.17) is 10.5 Å². The first-order valence-corrected chi connectivity index (χ1v) is 8.62. The largest absolute Gasteiger partial charge is 0.380 e. The highest BCUT2D eigenvalue weighted by atomic mass is 19.1. The molecule has 0 aliphatic rings. The number of hydrogen-bond donors (Lipinski definition) is 2. The highest BCUT2D eigenvalue weighted by Gasteiger charge is 2.18. The molecule has 0 saturated heterocycles. The summed E-state index contributed by atoms with van der Waals surface area (Å²) in [5.74, 6) is -0.706. The van der Waals surface area contributed by atoms with Crippen LogP contribution >= 0.6 is 0 Å². The van der Waals surface area contributed by atoms with Crippen LogP contribution in [0.25, 0.3) is 0 Å². The molecular weight excluding hydrogens is 331 g/mol. The zero-order chi connectivity index (χ0) is 19.3. The number of carbonyl (C=O) groups is 1. The summed E-state index contributed by atoms with van der Waals surface area (Å²) >= 11 is 0. The monoisotopic (exact) mass is 358 g/mol. The van der Waals surface area contributed by atoms with Gasteiger partial charge in [-0.2, -0.15) is 0 Å². The second-order valence-corrected chi connectivity index (χ2v) is 7.69. The number of rotatable bonds is 6. The Bertz CT molecular complexity index is 752. The minimum Gasteiger partial charge on any atom is -0.380 e. The van der Waals surface area contributed by atoms with E-state index in [0.717, 1.165) is 5.56 Å². The molecule has 26 heavy (non-hydrogen) atoms. The molecule has 2 rings (SSSR count). The van der Waals surface area contributed by atoms with Crippen LogP contribution in [0.15, 0.2) is 42.5 Å². The molecule has 1 unspecified atom stereocenters. The minimum absolute atomic E-state index is 0.0110. The quantitative estimate of drug-likeness (QED) is 0.813. The van der Waals surface area contributed by atoms with Gasteiger partial charge >= 0.3 is 0 Å². The van der Waals surface area contributed by atoms with Gasteiger partial charge in [0.2, 0.25) is 5.91 Å². The van der Waals surface area contributed by atoms with Crippen LogP contribution in [0, 0.1) is 11.2 Å². The predicted molar refractivity (Wildman–Crippen MR) is 102 cm³/mol. The Morgan fingerprint density at radius 3 is 2.38 bits per heavy atom. The van der Waals surface area contributed by atoms with E-state index in [1.165, 1.54) is 6.07 Å². The Hall–Kier alpha value is -2.24. The van der Waals surface area contributed by atoms with Crippen LogP contribution in [0.3, 0.4) is 0 Å². The Balaban J connectivity index is 2.05. The summed E-state index contributed by atoms with van der Waals surface area (Å²) in [6.07, 6.45) is 0.625. The number of nitrogens with one attached hydrogen (secondary N) is 1. The van der Waals surface area contributed by atoms with Gasteiger partial charge < -0.3 is 15.8 Å². The number of hydrogen-bond acceptors (Lipinski definition) is 3. The normalized spacial score (nSPS) is 12.7. The highest BCUT2D eigenvalue weighted by molar-refractivity contribution is 5.95. The fourth-order valence-corrected chi connectivity index (χ4v) is 2.70. The van der Waals surface area contributed by atoms with E-state index in [1.807, 2.05) is 12.1 Å². The van der Waals surface area contributed by atoms with Gasteiger partial charge in [0.25, 0.3) is 0 Å². The molecule has 0 aliphatic heterocycles. The third-order valence-electron chi connectivity index (χ3n) is 3.97. The number of methoxy groups -OCH3 is 1. The molecule has 1 amide bonds. The highest BCUT2D eigenvalue weighted by Crippen LogP contribution is 2.24. The maximum absolute atomic E-state index is 14.3. The van der Waals surface area contributed by atoms with Gasteiger partial charge in [-0.05, 0) is 40.7 Å². The summed E-state index contributed by atoms with van der Waals surface area (Å²) in [5, 5.41) is 2.68. The first kappa shape index (κ1) is 20.1. The lowest BCUT2D eigenvalue weighted by Crippen LogP contribution is -2.27. The van der Waals surface area contributed by atoms with Crippen LogP contribution in [0.1, 0.15) is 43.5 Å². The number of carbonyl (C=O) groups excluding carboxylic acids is 1. The molecule has 0 saturated carbocycles. The second kappa shape index (κ2) is 8.43. The Labute approximate surface area is 154 Å². The van der Waals surface area contributed by atoms with Gasteiger partial charge in [-0.25, -0.2) is 4.39 Å². The number of amides is 1. The first-order chi connectivity index (χ1) is 12.2. The van der Waals surface area contributed by atoms with E-state index >= 15 is 0 Å². The van der Waals surface area contributed by atoms with E-state index in [1.54, 1.807) is 31.4 Å². The van der Waals surface area contributed by atoms with Gasteiger partial charge in [0, 0.05) is 12.8 Å². The van der Waals surface area contributed by atoms with Crippen molar-refractivity contribution in [2.45, 2.75) is 39.8 Å². The molecule has 0 radical (unpaired) electrons. The van der Waals surface area contributed by atoms with E-state index in [-0.39, 0.29) is 17.1 Å². The molecule has 3 N–H and O–H groups in total. The van der Waals surface area contributed by atoms with Crippen molar-refractivity contribution in [1.29, 1.82) is 0 Å². The van der Waals surface area contributed by atoms with Crippen molar-refractivity contribution in [2.75, 3.05) is 12.4 Å². The molecule has 0 aliphatic carbocycles. The summed E-state index contributed by atoms with van der Waals surface area (Å²) in [7, 11) is 1.62. The third-order valence-corrected chi connectivity index (χ3v) is 3.97. The average molecular weight is 358 g/mol. The van der Waals surface area contributed by atoms with Crippen molar-refractivity contribution in [1.82, 2.24) is 0 Å². The summed E-state index contributed by atoms with van der Waals surface area (Å²) in [6.45, 7) is 6.67. The number of halogens is 1. The van der Waals surface area contributed by atoms with E-state index in [9.17, 15) is 9.18 Å². The zero-order valence-corrected chi connectivity index (χ0v) is 15.8. The van der Waals surface area contributed by atoms with Gasteiger partial charge in [0.05, 0.1) is 6.61 Å². The lowest BCUT2D eigenvalue weighted by atomic mass is 9.88. The lowest BCUT2D eigenvalue weighted by Gasteiger charge is -2.19. The number of benzene rings is 2. The summed E-state index contributed by atoms with van der Waals surface area (Å²) < 4.78 is 19.3. The maximum Gasteiger partial charge on any atom is 0.245 e. The summed E-state index contributed by atoms with van der Waals surface area (Å²) in [5.41, 5.74) is 8.73. The van der Waals surface area contributed by atoms with E-state index in [0.29, 0.717) is 29.8 Å². The molecule has 1 atom stereocenters. The average Bonchev–Trinajstić information content (AvgIpc) is 2.56. The minimum atomic E-state index is -0.830. The second-order valence-electron chi connectivity index (χ2n) is 7.69. The third kappa shape index (κ3) is 5.64. The summed E-state index contributed by atoms with van der Waals surface area (Å²) in [6, 6.07) is 11.3. The van der Waals surface area contributed by atoms with Gasteiger partial charge in [-0.3, -0.25) is 4.79 Å². The first-order valence-electron chi connectivity index (χ1n) is 8.62. The van der Waals surface area contributed by atoms with Crippen molar-refractivity contribution in [3.8, 4) is 0 Å². The van der Waals surface area contributed by atoms with Crippen LogP contribution in [0.2, 0.25) is 0 Å². The fraction of sp³-hybridized carbons (Fsp3) is 0.381. The van der Waals surface area contributed by atoms with Gasteiger partial charge in [-0.15, -0.1) is 0 Å². The van der Waals surface area contributed by atoms with Crippen molar-refractivity contribution in [3.05, 3.63) is 65.0 Å². The molecule has 5 heteroatoms. The van der Waals surface area contributed by atoms with E-state index < -0.39 is 6.04 Å². The molecule has 0 bridgehead atoms. The van der Waals surface area contributed by atoms with Crippen LogP contribution in [0.5, 0.6) is 0 Å². The Morgan fingerprint density at radius 1 is 1.19 bits per heavy atom. The van der Waals surface area contributed by atoms with Crippen molar-refractivity contribution in [2.24, 2.45) is 11.1 Å². The van der Waals surface area contributed by atoms with E-state index in [2.05, 4.69) is 26.1 Å². The maximum atomic E-state index is 14.3. The molecule has 2 aromatic carbocycles. The van der Waals surface area contributed by atoms with Gasteiger partial charge in [0.15, 0.2) is 0 Å². The lowest BCUT2D eigenvalue weighted by molar-refractivity contribution is -0.117. The molecule has 0 aromatic heterocycles. The van der Waals surface area contributed by atoms with Crippen molar-refractivity contribution >= 4 is 11.6 Å². The number of nitrogens with two attached hydrogens (primary N) is 1. The Morgan fingerprint density at radius 2 is 1.85 bits per heavy atom. The zero-order valence-electron chi connectivity index (χ0n) is 15.8. The molecule has 2 aromatic rings. The smallest absolute Gasteiger partial charge is 0.245 e. The molecule has 0 heterocycles. The SMILES string of the molecule is COCc1ccc(C(N)C(=O)Nc2ccc(CC(C)(C)C)c(F)c2)cc1. The molecule has 140 valence electrons. The van der Waals surface area contributed by atoms with Crippen LogP contribution < -0.4 is 11.1 Å².